The van der Waals surface area contributed by atoms with Gasteiger partial charge in [0.15, 0.2) is 0 Å². The molecule has 1 aliphatic heterocycles. The van der Waals surface area contributed by atoms with Gasteiger partial charge in [0.1, 0.15) is 0 Å². The van der Waals surface area contributed by atoms with Gasteiger partial charge in [-0.1, -0.05) is 0 Å². The Kier molecular flexibility index (Phi) is 3.23. The third-order valence-electron chi connectivity index (χ3n) is 0.826. The van der Waals surface area contributed by atoms with Crippen molar-refractivity contribution in [3.8, 4) is 0 Å². The molecule has 0 aromatic carbocycles. The molecule has 1 heterocycles. The summed E-state index contributed by atoms with van der Waals surface area (Å²) >= 11 is 5.74. The monoisotopic (exact) mass is 164 g/mol. The van der Waals surface area contributed by atoms with E-state index in [2.05, 4.69) is 11.7 Å². The maximum Gasteiger partial charge on any atom is 0.0461 e. The van der Waals surface area contributed by atoms with Crippen LogP contribution in [-0.2, 0) is 0 Å². The SMILES string of the molecule is CSC1=CSCCS1. The van der Waals surface area contributed by atoms with Crippen molar-refractivity contribution in [3.63, 3.8) is 0 Å². The van der Waals surface area contributed by atoms with Gasteiger partial charge in [0, 0.05) is 15.7 Å². The quantitative estimate of drug-likeness (QED) is 0.585. The third kappa shape index (κ3) is 1.96. The molecule has 8 heavy (non-hydrogen) atoms. The topological polar surface area (TPSA) is 0 Å². The highest BCUT2D eigenvalue weighted by molar-refractivity contribution is 8.23. The zero-order valence-corrected chi connectivity index (χ0v) is 7.17. The van der Waals surface area contributed by atoms with Gasteiger partial charge < -0.3 is 0 Å². The summed E-state index contributed by atoms with van der Waals surface area (Å²) in [6.07, 6.45) is 2.13. The summed E-state index contributed by atoms with van der Waals surface area (Å²) in [6.45, 7) is 0. The largest absolute Gasteiger partial charge is 0.132 e. The highest BCUT2D eigenvalue weighted by Crippen LogP contribution is 2.33. The van der Waals surface area contributed by atoms with Gasteiger partial charge in [-0.05, 0) is 11.7 Å². The predicted molar refractivity (Wildman–Crippen MR) is 46.5 cm³/mol. The minimum absolute atomic E-state index is 1.29. The Bertz CT molecular complexity index is 97.8. The highest BCUT2D eigenvalue weighted by Gasteiger charge is 2.00. The molecule has 0 saturated carbocycles. The molecule has 1 aliphatic rings. The van der Waals surface area contributed by atoms with Crippen LogP contribution in [0.1, 0.15) is 0 Å². The second-order valence-electron chi connectivity index (χ2n) is 1.36. The fourth-order valence-electron chi connectivity index (χ4n) is 0.458. The van der Waals surface area contributed by atoms with Gasteiger partial charge in [-0.3, -0.25) is 0 Å². The van der Waals surface area contributed by atoms with Crippen LogP contribution >= 0.6 is 35.3 Å². The smallest absolute Gasteiger partial charge is 0.0461 e. The van der Waals surface area contributed by atoms with Crippen LogP contribution in [0.4, 0.5) is 0 Å². The van der Waals surface area contributed by atoms with E-state index < -0.39 is 0 Å². The molecule has 0 aromatic rings. The number of hydrogen-bond donors (Lipinski definition) is 0. The lowest BCUT2D eigenvalue weighted by atomic mass is 11.0. The van der Waals surface area contributed by atoms with E-state index in [4.69, 9.17) is 0 Å². The second kappa shape index (κ2) is 3.75. The maximum atomic E-state index is 2.25. The highest BCUT2D eigenvalue weighted by atomic mass is 32.2. The third-order valence-corrected chi connectivity index (χ3v) is 4.41. The van der Waals surface area contributed by atoms with Crippen LogP contribution in [0.3, 0.4) is 0 Å². The van der Waals surface area contributed by atoms with Crippen molar-refractivity contribution in [3.05, 3.63) is 9.65 Å². The lowest BCUT2D eigenvalue weighted by Crippen LogP contribution is -1.86. The molecule has 0 fully saturated rings. The number of hydrogen-bond acceptors (Lipinski definition) is 3. The van der Waals surface area contributed by atoms with Crippen LogP contribution in [0.15, 0.2) is 9.65 Å². The van der Waals surface area contributed by atoms with Gasteiger partial charge in [-0.15, -0.1) is 35.3 Å². The Balaban J connectivity index is 2.37. The van der Waals surface area contributed by atoms with E-state index in [0.29, 0.717) is 0 Å². The molecule has 0 saturated heterocycles. The zero-order valence-electron chi connectivity index (χ0n) is 4.72. The van der Waals surface area contributed by atoms with Crippen LogP contribution in [0.5, 0.6) is 0 Å². The summed E-state index contributed by atoms with van der Waals surface area (Å²) in [7, 11) is 0. The summed E-state index contributed by atoms with van der Waals surface area (Å²) in [5.74, 6) is 2.58. The van der Waals surface area contributed by atoms with Gasteiger partial charge in [-0.25, -0.2) is 0 Å². The summed E-state index contributed by atoms with van der Waals surface area (Å²) < 4.78 is 1.47. The van der Waals surface area contributed by atoms with Gasteiger partial charge in [0.25, 0.3) is 0 Å². The van der Waals surface area contributed by atoms with Crippen molar-refractivity contribution >= 4 is 35.3 Å². The van der Waals surface area contributed by atoms with Crippen LogP contribution in [0.2, 0.25) is 0 Å². The van der Waals surface area contributed by atoms with Crippen molar-refractivity contribution in [2.45, 2.75) is 0 Å². The lowest BCUT2D eigenvalue weighted by molar-refractivity contribution is 1.56. The van der Waals surface area contributed by atoms with E-state index in [0.717, 1.165) is 0 Å². The van der Waals surface area contributed by atoms with Crippen molar-refractivity contribution in [1.29, 1.82) is 0 Å². The van der Waals surface area contributed by atoms with Gasteiger partial charge in [-0.2, -0.15) is 0 Å². The fraction of sp³-hybridized carbons (Fsp3) is 0.600. The second-order valence-corrected chi connectivity index (χ2v) is 4.58. The number of rotatable bonds is 1. The molecule has 3 heteroatoms. The summed E-state index contributed by atoms with van der Waals surface area (Å²) in [4.78, 5) is 0. The van der Waals surface area contributed by atoms with Crippen molar-refractivity contribution in [2.75, 3.05) is 17.8 Å². The Labute approximate surface area is 62.9 Å². The molecule has 0 aromatic heterocycles. The Morgan fingerprint density at radius 2 is 2.50 bits per heavy atom. The van der Waals surface area contributed by atoms with E-state index in [1.165, 1.54) is 15.7 Å². The minimum Gasteiger partial charge on any atom is -0.132 e. The van der Waals surface area contributed by atoms with Crippen LogP contribution < -0.4 is 0 Å². The standard InChI is InChI=1S/C5H8S3/c1-6-5-4-7-2-3-8-5/h4H,2-3H2,1H3. The van der Waals surface area contributed by atoms with E-state index in [9.17, 15) is 0 Å². The van der Waals surface area contributed by atoms with Crippen molar-refractivity contribution in [1.82, 2.24) is 0 Å². The Morgan fingerprint density at radius 1 is 1.62 bits per heavy atom. The molecular weight excluding hydrogens is 156 g/mol. The first kappa shape index (κ1) is 6.90. The molecule has 0 N–H and O–H groups in total. The molecule has 0 atom stereocenters. The summed E-state index contributed by atoms with van der Waals surface area (Å²) in [5.41, 5.74) is 0. The van der Waals surface area contributed by atoms with Crippen LogP contribution in [0, 0.1) is 0 Å². The predicted octanol–water partition coefficient (Wildman–Crippen LogP) is 2.63. The first-order chi connectivity index (χ1) is 3.93. The molecule has 0 spiro atoms. The summed E-state index contributed by atoms with van der Waals surface area (Å²) in [6, 6.07) is 0. The van der Waals surface area contributed by atoms with Gasteiger partial charge in [0.2, 0.25) is 0 Å². The Hall–Kier alpha value is 0.790. The normalized spacial score (nSPS) is 20.4. The van der Waals surface area contributed by atoms with Crippen LogP contribution in [0.25, 0.3) is 0 Å². The zero-order chi connectivity index (χ0) is 5.82. The molecule has 0 amide bonds. The molecular formula is C5H8S3. The van der Waals surface area contributed by atoms with E-state index in [1.807, 2.05) is 35.3 Å². The van der Waals surface area contributed by atoms with E-state index in [1.54, 1.807) is 0 Å². The van der Waals surface area contributed by atoms with Crippen molar-refractivity contribution < 1.29 is 0 Å². The lowest BCUT2D eigenvalue weighted by Gasteiger charge is -2.07. The van der Waals surface area contributed by atoms with Crippen LogP contribution in [-0.4, -0.2) is 17.8 Å². The summed E-state index contributed by atoms with van der Waals surface area (Å²) in [5, 5.41) is 2.25. The Morgan fingerprint density at radius 3 is 2.88 bits per heavy atom. The van der Waals surface area contributed by atoms with Crippen molar-refractivity contribution in [2.24, 2.45) is 0 Å². The number of thioether (sulfide) groups is 3. The average Bonchev–Trinajstić information content (AvgIpc) is 1.90. The van der Waals surface area contributed by atoms with Gasteiger partial charge in [0.05, 0.1) is 0 Å². The fourth-order valence-corrected chi connectivity index (χ4v) is 3.42. The molecule has 0 radical (unpaired) electrons. The molecule has 1 rings (SSSR count). The van der Waals surface area contributed by atoms with E-state index >= 15 is 0 Å². The molecule has 46 valence electrons. The first-order valence-corrected chi connectivity index (χ1v) is 5.68. The minimum atomic E-state index is 1.29. The maximum absolute atomic E-state index is 2.25. The first-order valence-electron chi connectivity index (χ1n) is 2.42. The molecule has 0 nitrogen and oxygen atoms in total. The molecule has 0 unspecified atom stereocenters. The molecule has 0 bridgehead atoms. The van der Waals surface area contributed by atoms with E-state index in [-0.39, 0.29) is 0 Å². The molecule has 0 aliphatic carbocycles. The van der Waals surface area contributed by atoms with Gasteiger partial charge >= 0.3 is 0 Å². The average molecular weight is 164 g/mol.